The largest absolute Gasteiger partial charge is 0.317 e. The highest BCUT2D eigenvalue weighted by atomic mass is 32.2. The van der Waals surface area contributed by atoms with Crippen molar-refractivity contribution in [2.45, 2.75) is 39.0 Å². The van der Waals surface area contributed by atoms with Crippen molar-refractivity contribution in [1.29, 1.82) is 0 Å². The fourth-order valence-electron chi connectivity index (χ4n) is 4.30. The van der Waals surface area contributed by atoms with Crippen LogP contribution in [0.25, 0.3) is 0 Å². The van der Waals surface area contributed by atoms with Crippen LogP contribution in [0.2, 0.25) is 0 Å². The third-order valence-corrected chi connectivity index (χ3v) is 7.45. The second-order valence-corrected chi connectivity index (χ2v) is 8.88. The zero-order valence-corrected chi connectivity index (χ0v) is 13.9. The monoisotopic (exact) mass is 315 g/mol. The summed E-state index contributed by atoms with van der Waals surface area (Å²) in [6.07, 6.45) is 5.87. The molecule has 0 spiro atoms. The van der Waals surface area contributed by atoms with Crippen LogP contribution < -0.4 is 5.32 Å². The molecule has 1 aliphatic carbocycles. The summed E-state index contributed by atoms with van der Waals surface area (Å²) in [5.74, 6) is 1.72. The fraction of sp³-hybridized carbons (Fsp3) is 1.00. The van der Waals surface area contributed by atoms with Crippen LogP contribution >= 0.6 is 0 Å². The van der Waals surface area contributed by atoms with Gasteiger partial charge in [0.2, 0.25) is 0 Å². The van der Waals surface area contributed by atoms with Crippen LogP contribution in [0.5, 0.6) is 0 Å². The molecule has 0 aromatic heterocycles. The van der Waals surface area contributed by atoms with Crippen molar-refractivity contribution in [2.24, 2.45) is 17.8 Å². The quantitative estimate of drug-likeness (QED) is 0.831. The number of rotatable bonds is 5. The van der Waals surface area contributed by atoms with E-state index in [9.17, 15) is 8.42 Å². The van der Waals surface area contributed by atoms with E-state index in [-0.39, 0.29) is 0 Å². The summed E-state index contributed by atoms with van der Waals surface area (Å²) in [5, 5.41) is 3.36. The van der Waals surface area contributed by atoms with E-state index in [4.69, 9.17) is 0 Å². The van der Waals surface area contributed by atoms with Crippen molar-refractivity contribution >= 4 is 10.2 Å². The first-order chi connectivity index (χ1) is 10.1. The first-order valence-electron chi connectivity index (χ1n) is 8.57. The highest BCUT2D eigenvalue weighted by Crippen LogP contribution is 2.39. The summed E-state index contributed by atoms with van der Waals surface area (Å²) in [4.78, 5) is 0. The summed E-state index contributed by atoms with van der Waals surface area (Å²) in [6.45, 7) is 6.92. The topological polar surface area (TPSA) is 52.7 Å². The van der Waals surface area contributed by atoms with E-state index >= 15 is 0 Å². The van der Waals surface area contributed by atoms with Crippen molar-refractivity contribution in [3.05, 3.63) is 0 Å². The van der Waals surface area contributed by atoms with Crippen molar-refractivity contribution in [3.8, 4) is 0 Å². The molecule has 3 fully saturated rings. The van der Waals surface area contributed by atoms with E-state index in [0.29, 0.717) is 30.8 Å². The van der Waals surface area contributed by atoms with Gasteiger partial charge in [-0.15, -0.1) is 0 Å². The highest BCUT2D eigenvalue weighted by Gasteiger charge is 2.43. The molecule has 0 amide bonds. The fourth-order valence-corrected chi connectivity index (χ4v) is 6.14. The lowest BCUT2D eigenvalue weighted by molar-refractivity contribution is 0.245. The molecule has 21 heavy (non-hydrogen) atoms. The van der Waals surface area contributed by atoms with Crippen LogP contribution in [0.1, 0.15) is 39.0 Å². The van der Waals surface area contributed by atoms with Gasteiger partial charge in [-0.05, 0) is 56.5 Å². The molecule has 6 heteroatoms. The van der Waals surface area contributed by atoms with E-state index in [2.05, 4.69) is 12.2 Å². The standard InChI is InChI=1S/C15H29N3O2S/c1-2-16-9-13-5-4-8-17(10-13)21(19,20)18-11-14-6-3-7-15(14)12-18/h13-16H,2-12H2,1H3. The molecule has 2 aliphatic heterocycles. The molecule has 0 radical (unpaired) electrons. The molecule has 0 aromatic rings. The van der Waals surface area contributed by atoms with Gasteiger partial charge in [0.15, 0.2) is 0 Å². The second kappa shape index (κ2) is 6.52. The van der Waals surface area contributed by atoms with Crippen molar-refractivity contribution in [1.82, 2.24) is 13.9 Å². The van der Waals surface area contributed by atoms with Crippen LogP contribution in [-0.2, 0) is 10.2 Å². The number of piperidine rings is 1. The summed E-state index contributed by atoms with van der Waals surface area (Å²) in [6, 6.07) is 0. The Morgan fingerprint density at radius 3 is 2.38 bits per heavy atom. The predicted octanol–water partition coefficient (Wildman–Crippen LogP) is 1.28. The third kappa shape index (κ3) is 3.28. The SMILES string of the molecule is CCNCC1CCCN(S(=O)(=O)N2CC3CCCC3C2)C1. The molecule has 3 rings (SSSR count). The molecule has 1 N–H and O–H groups in total. The first kappa shape index (κ1) is 15.7. The van der Waals surface area contributed by atoms with Gasteiger partial charge in [0.25, 0.3) is 10.2 Å². The normalized spacial score (nSPS) is 35.2. The Hall–Kier alpha value is -0.170. The van der Waals surface area contributed by atoms with Crippen molar-refractivity contribution in [3.63, 3.8) is 0 Å². The molecule has 3 aliphatic rings. The van der Waals surface area contributed by atoms with E-state index in [1.54, 1.807) is 8.61 Å². The number of fused-ring (bicyclic) bond motifs is 1. The minimum absolute atomic E-state index is 0.468. The molecule has 0 bridgehead atoms. The molecular formula is C15H29N3O2S. The van der Waals surface area contributed by atoms with Gasteiger partial charge < -0.3 is 5.32 Å². The van der Waals surface area contributed by atoms with Crippen LogP contribution in [0.4, 0.5) is 0 Å². The molecular weight excluding hydrogens is 286 g/mol. The zero-order valence-electron chi connectivity index (χ0n) is 13.1. The maximum Gasteiger partial charge on any atom is 0.282 e. The van der Waals surface area contributed by atoms with Crippen molar-refractivity contribution in [2.75, 3.05) is 39.3 Å². The van der Waals surface area contributed by atoms with Crippen LogP contribution in [0.3, 0.4) is 0 Å². The lowest BCUT2D eigenvalue weighted by Crippen LogP contribution is -2.48. The Kier molecular flexibility index (Phi) is 4.88. The Bertz CT molecular complexity index is 442. The van der Waals surface area contributed by atoms with Gasteiger partial charge in [-0.3, -0.25) is 0 Å². The minimum atomic E-state index is -3.22. The molecule has 3 atom stereocenters. The van der Waals surface area contributed by atoms with Crippen LogP contribution in [0.15, 0.2) is 0 Å². The predicted molar refractivity (Wildman–Crippen MR) is 84.2 cm³/mol. The molecule has 1 saturated carbocycles. The summed E-state index contributed by atoms with van der Waals surface area (Å²) in [5.41, 5.74) is 0. The molecule has 5 nitrogen and oxygen atoms in total. The number of nitrogens with zero attached hydrogens (tertiary/aromatic N) is 2. The zero-order chi connectivity index (χ0) is 14.9. The average molecular weight is 315 g/mol. The summed E-state index contributed by atoms with van der Waals surface area (Å²) >= 11 is 0. The van der Waals surface area contributed by atoms with E-state index in [0.717, 1.165) is 39.0 Å². The van der Waals surface area contributed by atoms with Crippen molar-refractivity contribution < 1.29 is 8.42 Å². The molecule has 2 saturated heterocycles. The summed E-state index contributed by atoms with van der Waals surface area (Å²) < 4.78 is 29.3. The van der Waals surface area contributed by atoms with Crippen LogP contribution in [0, 0.1) is 17.8 Å². The third-order valence-electron chi connectivity index (χ3n) is 5.51. The van der Waals surface area contributed by atoms with Crippen LogP contribution in [-0.4, -0.2) is 56.3 Å². The van der Waals surface area contributed by atoms with Gasteiger partial charge in [-0.1, -0.05) is 13.3 Å². The Labute approximate surface area is 129 Å². The Morgan fingerprint density at radius 1 is 1.00 bits per heavy atom. The molecule has 122 valence electrons. The number of hydrogen-bond donors (Lipinski definition) is 1. The minimum Gasteiger partial charge on any atom is -0.317 e. The second-order valence-electron chi connectivity index (χ2n) is 6.95. The molecule has 2 heterocycles. The maximum atomic E-state index is 12.9. The van der Waals surface area contributed by atoms with Gasteiger partial charge in [-0.2, -0.15) is 17.0 Å². The lowest BCUT2D eigenvalue weighted by Gasteiger charge is -2.34. The average Bonchev–Trinajstić information content (AvgIpc) is 3.07. The summed E-state index contributed by atoms with van der Waals surface area (Å²) in [7, 11) is -3.22. The van der Waals surface area contributed by atoms with E-state index < -0.39 is 10.2 Å². The van der Waals surface area contributed by atoms with Gasteiger partial charge in [0, 0.05) is 26.2 Å². The highest BCUT2D eigenvalue weighted by molar-refractivity contribution is 7.86. The maximum absolute atomic E-state index is 12.9. The number of hydrogen-bond acceptors (Lipinski definition) is 3. The van der Waals surface area contributed by atoms with Gasteiger partial charge >= 0.3 is 0 Å². The smallest absolute Gasteiger partial charge is 0.282 e. The first-order valence-corrected chi connectivity index (χ1v) is 9.97. The van der Waals surface area contributed by atoms with E-state index in [1.807, 2.05) is 0 Å². The lowest BCUT2D eigenvalue weighted by atomic mass is 10.00. The van der Waals surface area contributed by atoms with Gasteiger partial charge in [0.05, 0.1) is 0 Å². The number of nitrogens with one attached hydrogen (secondary N) is 1. The Balaban J connectivity index is 1.61. The van der Waals surface area contributed by atoms with E-state index in [1.165, 1.54) is 19.3 Å². The Morgan fingerprint density at radius 2 is 1.71 bits per heavy atom. The van der Waals surface area contributed by atoms with Gasteiger partial charge in [0.1, 0.15) is 0 Å². The molecule has 0 aromatic carbocycles. The molecule has 3 unspecified atom stereocenters. The van der Waals surface area contributed by atoms with Gasteiger partial charge in [-0.25, -0.2) is 0 Å².